The first kappa shape index (κ1) is 31.2. The van der Waals surface area contributed by atoms with E-state index in [4.69, 9.17) is 4.74 Å². The van der Waals surface area contributed by atoms with E-state index < -0.39 is 20.9 Å². The number of hydrogen-bond acceptors (Lipinski definition) is 4. The van der Waals surface area contributed by atoms with Gasteiger partial charge in [0.2, 0.25) is 0 Å². The van der Waals surface area contributed by atoms with Gasteiger partial charge in [-0.1, -0.05) is 90.1 Å². The van der Waals surface area contributed by atoms with Gasteiger partial charge >= 0.3 is 0 Å². The minimum Gasteiger partial charge on any atom is -0.497 e. The van der Waals surface area contributed by atoms with Crippen LogP contribution in [0.2, 0.25) is 0 Å². The summed E-state index contributed by atoms with van der Waals surface area (Å²) in [7, 11) is -2.64. The van der Waals surface area contributed by atoms with Crippen LogP contribution in [0.3, 0.4) is 0 Å². The van der Waals surface area contributed by atoms with Gasteiger partial charge in [0, 0.05) is 16.4 Å². The van der Waals surface area contributed by atoms with Crippen LogP contribution in [-0.2, 0) is 26.7 Å². The number of methoxy groups -OCH3 is 1. The van der Waals surface area contributed by atoms with E-state index in [1.807, 2.05) is 18.2 Å². The number of aryl methyl sites for hydroxylation is 1. The number of fused-ring (bicyclic) bond motifs is 2. The molecule has 0 amide bonds. The Hall–Kier alpha value is -3.22. The van der Waals surface area contributed by atoms with Gasteiger partial charge in [-0.3, -0.25) is 9.35 Å². The molecule has 5 rings (SSSR count). The zero-order valence-corrected chi connectivity index (χ0v) is 27.2. The predicted molar refractivity (Wildman–Crippen MR) is 172 cm³/mol. The molecule has 6 heteroatoms. The first-order valence-corrected chi connectivity index (χ1v) is 16.6. The molecular weight excluding hydrogens is 556 g/mol. The maximum Gasteiger partial charge on any atom is 0.294 e. The van der Waals surface area contributed by atoms with Crippen LogP contribution in [0.15, 0.2) is 83.3 Å². The Bertz CT molecular complexity index is 1640. The SMILES string of the molecule is COc1ccc(C(CCc2ccc(C(C)(C)C)cc2)C23CCC(C)(C(=O)C2=Cc2ccc(S(=O)(=O)O)cc2)C3(C)C)cc1. The van der Waals surface area contributed by atoms with Crippen LogP contribution in [0.1, 0.15) is 89.0 Å². The molecule has 0 radical (unpaired) electrons. The van der Waals surface area contributed by atoms with Crippen LogP contribution < -0.4 is 4.74 Å². The summed E-state index contributed by atoms with van der Waals surface area (Å²) in [4.78, 5) is 14.2. The maximum atomic E-state index is 14.4. The summed E-state index contributed by atoms with van der Waals surface area (Å²) >= 11 is 0. The quantitative estimate of drug-likeness (QED) is 0.207. The Labute approximate surface area is 257 Å². The molecule has 2 aliphatic rings. The van der Waals surface area contributed by atoms with E-state index in [0.717, 1.165) is 42.6 Å². The smallest absolute Gasteiger partial charge is 0.294 e. The molecule has 2 fully saturated rings. The largest absolute Gasteiger partial charge is 0.497 e. The van der Waals surface area contributed by atoms with Gasteiger partial charge in [-0.2, -0.15) is 8.42 Å². The van der Waals surface area contributed by atoms with Gasteiger partial charge < -0.3 is 4.74 Å². The van der Waals surface area contributed by atoms with Crippen molar-refractivity contribution in [2.75, 3.05) is 7.11 Å². The fourth-order valence-corrected chi connectivity index (χ4v) is 8.32. The fourth-order valence-electron chi connectivity index (χ4n) is 7.84. The van der Waals surface area contributed by atoms with Gasteiger partial charge in [-0.25, -0.2) is 0 Å². The molecule has 43 heavy (non-hydrogen) atoms. The van der Waals surface area contributed by atoms with Crippen molar-refractivity contribution in [3.05, 3.63) is 101 Å². The standard InChI is InChI=1S/C37H44O5S/c1-34(2,3)28-15-8-25(9-16-28)12-21-31(27-13-17-29(42-7)18-14-27)37-23-22-36(6,35(37,4)5)33(38)32(37)24-26-10-19-30(20-11-26)43(39,40)41/h8-11,13-20,24,31H,12,21-23H2,1-7H3,(H,39,40,41). The number of rotatable bonds is 8. The molecule has 3 atom stereocenters. The minimum absolute atomic E-state index is 0.0623. The van der Waals surface area contributed by atoms with Crippen molar-refractivity contribution >= 4 is 22.0 Å². The third-order valence-corrected chi connectivity index (χ3v) is 11.8. The number of Topliss-reactive ketones (excluding diaryl/α,β-unsaturated/α-hetero) is 1. The second-order valence-electron chi connectivity index (χ2n) is 14.2. The van der Waals surface area contributed by atoms with Gasteiger partial charge in [-0.15, -0.1) is 0 Å². The highest BCUT2D eigenvalue weighted by Gasteiger charge is 2.74. The van der Waals surface area contributed by atoms with Crippen LogP contribution in [0.4, 0.5) is 0 Å². The molecule has 0 aliphatic heterocycles. The van der Waals surface area contributed by atoms with E-state index in [0.29, 0.717) is 0 Å². The molecule has 2 aliphatic carbocycles. The number of allylic oxidation sites excluding steroid dienone is 1. The second-order valence-corrected chi connectivity index (χ2v) is 15.6. The summed E-state index contributed by atoms with van der Waals surface area (Å²) in [6.07, 6.45) is 5.42. The van der Waals surface area contributed by atoms with Crippen molar-refractivity contribution in [1.82, 2.24) is 0 Å². The molecule has 228 valence electrons. The van der Waals surface area contributed by atoms with Crippen LogP contribution >= 0.6 is 0 Å². The molecular formula is C37H44O5S. The number of hydrogen-bond donors (Lipinski definition) is 1. The predicted octanol–water partition coefficient (Wildman–Crippen LogP) is 8.43. The Morgan fingerprint density at radius 3 is 2.05 bits per heavy atom. The Morgan fingerprint density at radius 2 is 1.51 bits per heavy atom. The van der Waals surface area contributed by atoms with Gasteiger partial charge in [0.05, 0.1) is 12.0 Å². The van der Waals surface area contributed by atoms with Crippen LogP contribution in [-0.4, -0.2) is 25.9 Å². The van der Waals surface area contributed by atoms with E-state index in [2.05, 4.69) is 77.9 Å². The third-order valence-electron chi connectivity index (χ3n) is 10.9. The number of carbonyl (C=O) groups is 1. The van der Waals surface area contributed by atoms with Crippen molar-refractivity contribution in [3.8, 4) is 5.75 Å². The van der Waals surface area contributed by atoms with Crippen molar-refractivity contribution < 1.29 is 22.5 Å². The molecule has 0 heterocycles. The topological polar surface area (TPSA) is 80.7 Å². The first-order valence-electron chi connectivity index (χ1n) is 15.1. The number of carbonyl (C=O) groups excluding carboxylic acids is 1. The Balaban J connectivity index is 1.62. The molecule has 2 saturated carbocycles. The lowest BCUT2D eigenvalue weighted by Gasteiger charge is -2.46. The minimum atomic E-state index is -4.30. The monoisotopic (exact) mass is 600 g/mol. The Kier molecular flexibility index (Phi) is 7.80. The van der Waals surface area contributed by atoms with Gasteiger partial charge in [0.15, 0.2) is 5.78 Å². The number of benzene rings is 3. The first-order chi connectivity index (χ1) is 20.0. The summed E-state index contributed by atoms with van der Waals surface area (Å²) in [6, 6.07) is 23.3. The molecule has 0 aromatic heterocycles. The summed E-state index contributed by atoms with van der Waals surface area (Å²) in [5.41, 5.74) is 4.16. The van der Waals surface area contributed by atoms with Crippen molar-refractivity contribution in [3.63, 3.8) is 0 Å². The van der Waals surface area contributed by atoms with Gasteiger partial charge in [-0.05, 0) is 95.0 Å². The normalized spacial score (nSPS) is 24.8. The average Bonchev–Trinajstić information content (AvgIpc) is 3.23. The molecule has 1 N–H and O–H groups in total. The summed E-state index contributed by atoms with van der Waals surface area (Å²) in [5, 5.41) is 0. The molecule has 0 spiro atoms. The zero-order chi connectivity index (χ0) is 31.4. The molecule has 3 aromatic rings. The molecule has 3 aromatic carbocycles. The molecule has 0 saturated heterocycles. The van der Waals surface area contributed by atoms with E-state index >= 15 is 0 Å². The second kappa shape index (κ2) is 10.7. The highest BCUT2D eigenvalue weighted by molar-refractivity contribution is 7.85. The summed E-state index contributed by atoms with van der Waals surface area (Å²) in [6.45, 7) is 13.3. The van der Waals surface area contributed by atoms with E-state index in [1.54, 1.807) is 19.2 Å². The van der Waals surface area contributed by atoms with Crippen LogP contribution in [0.25, 0.3) is 6.08 Å². The Morgan fingerprint density at radius 1 is 0.907 bits per heavy atom. The lowest BCUT2D eigenvalue weighted by Crippen LogP contribution is -2.40. The summed E-state index contributed by atoms with van der Waals surface area (Å²) < 4.78 is 38.3. The number of ether oxygens (including phenoxy) is 1. The zero-order valence-electron chi connectivity index (χ0n) is 26.4. The maximum absolute atomic E-state index is 14.4. The van der Waals surface area contributed by atoms with Gasteiger partial charge in [0.1, 0.15) is 5.75 Å². The lowest BCUT2D eigenvalue weighted by molar-refractivity contribution is -0.125. The average molecular weight is 601 g/mol. The third kappa shape index (κ3) is 5.17. The van der Waals surface area contributed by atoms with E-state index in [-0.39, 0.29) is 27.4 Å². The van der Waals surface area contributed by atoms with Crippen molar-refractivity contribution in [2.45, 2.75) is 83.5 Å². The van der Waals surface area contributed by atoms with Crippen LogP contribution in [0, 0.1) is 16.2 Å². The fraction of sp³-hybridized carbons (Fsp3) is 0.432. The van der Waals surface area contributed by atoms with Crippen molar-refractivity contribution in [2.24, 2.45) is 16.2 Å². The number of ketones is 1. The highest BCUT2D eigenvalue weighted by Crippen LogP contribution is 2.77. The summed E-state index contributed by atoms with van der Waals surface area (Å²) in [5.74, 6) is 1.04. The molecule has 3 unspecified atom stereocenters. The van der Waals surface area contributed by atoms with E-state index in [1.165, 1.54) is 28.8 Å². The van der Waals surface area contributed by atoms with Crippen molar-refractivity contribution in [1.29, 1.82) is 0 Å². The molecule has 5 nitrogen and oxygen atoms in total. The molecule has 2 bridgehead atoms. The van der Waals surface area contributed by atoms with E-state index in [9.17, 15) is 17.8 Å². The lowest BCUT2D eigenvalue weighted by atomic mass is 9.56. The highest BCUT2D eigenvalue weighted by atomic mass is 32.2. The van der Waals surface area contributed by atoms with Gasteiger partial charge in [0.25, 0.3) is 10.1 Å². The van der Waals surface area contributed by atoms with Crippen LogP contribution in [0.5, 0.6) is 5.75 Å².